The first-order chi connectivity index (χ1) is 19.3. The van der Waals surface area contributed by atoms with Gasteiger partial charge in [-0.25, -0.2) is 4.98 Å². The van der Waals surface area contributed by atoms with Crippen molar-refractivity contribution in [2.24, 2.45) is 0 Å². The maximum atomic E-state index is 14.1. The van der Waals surface area contributed by atoms with Crippen LogP contribution in [0.4, 0.5) is 0 Å². The molecule has 3 aromatic carbocycles. The number of ether oxygens (including phenoxy) is 2. The normalized spacial score (nSPS) is 15.2. The molecule has 0 aliphatic carbocycles. The molecule has 5 rings (SSSR count). The number of Topliss-reactive ketones (excluding diaryl/α,β-unsaturated/α-hetero) is 1. The summed E-state index contributed by atoms with van der Waals surface area (Å²) in [4.78, 5) is 33.9. The second-order valence-electron chi connectivity index (χ2n) is 9.70. The molecule has 0 bridgehead atoms. The van der Waals surface area contributed by atoms with Gasteiger partial charge in [-0.05, 0) is 50.6 Å². The van der Waals surface area contributed by atoms with Gasteiger partial charge in [0.05, 0.1) is 34.9 Å². The van der Waals surface area contributed by atoms with E-state index < -0.39 is 23.5 Å². The standard InChI is InChI=1S/C32H30N2O5S/c1-20(2)38-18-17-34-27(23-13-10-16-25(19-23)39-24-14-8-5-9-15-24)26(29(36)32(34)37)28(35)30-21(3)33-31(40-30)22-11-6-4-7-12-22/h4-16,19-20,27,36H,17-18H2,1-3H3. The number of hydrogen-bond acceptors (Lipinski definition) is 7. The summed E-state index contributed by atoms with van der Waals surface area (Å²) in [5.41, 5.74) is 2.11. The number of carbonyl (C=O) groups is 2. The Bertz CT molecular complexity index is 1550. The van der Waals surface area contributed by atoms with Gasteiger partial charge in [0.15, 0.2) is 5.76 Å². The molecule has 1 atom stereocenters. The number of carbonyl (C=O) groups excluding carboxylic acids is 2. The molecule has 40 heavy (non-hydrogen) atoms. The number of ketones is 1. The lowest BCUT2D eigenvalue weighted by molar-refractivity contribution is -0.130. The molecule has 0 spiro atoms. The van der Waals surface area contributed by atoms with E-state index in [1.165, 1.54) is 16.2 Å². The number of benzene rings is 3. The first-order valence-electron chi connectivity index (χ1n) is 13.1. The highest BCUT2D eigenvalue weighted by Crippen LogP contribution is 2.42. The molecular formula is C32H30N2O5S. The predicted octanol–water partition coefficient (Wildman–Crippen LogP) is 6.91. The number of hydrogen-bond donors (Lipinski definition) is 1. The lowest BCUT2D eigenvalue weighted by Gasteiger charge is -2.27. The van der Waals surface area contributed by atoms with E-state index in [0.717, 1.165) is 5.56 Å². The number of aryl methyl sites for hydroxylation is 1. The fourth-order valence-corrected chi connectivity index (χ4v) is 5.68. The molecule has 1 aliphatic heterocycles. The summed E-state index contributed by atoms with van der Waals surface area (Å²) in [5, 5.41) is 11.8. The smallest absolute Gasteiger partial charge is 0.290 e. The van der Waals surface area contributed by atoms with Gasteiger partial charge >= 0.3 is 0 Å². The molecule has 204 valence electrons. The Labute approximate surface area is 237 Å². The van der Waals surface area contributed by atoms with Crippen molar-refractivity contribution in [1.29, 1.82) is 0 Å². The van der Waals surface area contributed by atoms with Gasteiger partial charge in [-0.2, -0.15) is 0 Å². The van der Waals surface area contributed by atoms with Crippen LogP contribution in [0.1, 0.15) is 40.8 Å². The average molecular weight is 555 g/mol. The molecule has 7 nitrogen and oxygen atoms in total. The lowest BCUT2D eigenvalue weighted by Crippen LogP contribution is -2.34. The van der Waals surface area contributed by atoms with E-state index in [9.17, 15) is 14.7 Å². The van der Waals surface area contributed by atoms with E-state index in [-0.39, 0.29) is 24.8 Å². The Balaban J connectivity index is 1.53. The number of thiazole rings is 1. The van der Waals surface area contributed by atoms with Crippen molar-refractivity contribution in [2.75, 3.05) is 13.2 Å². The van der Waals surface area contributed by atoms with Gasteiger partial charge in [-0.3, -0.25) is 9.59 Å². The molecule has 4 aromatic rings. The quantitative estimate of drug-likeness (QED) is 0.214. The molecule has 0 saturated heterocycles. The lowest BCUT2D eigenvalue weighted by atomic mass is 9.95. The topological polar surface area (TPSA) is 89.0 Å². The largest absolute Gasteiger partial charge is 0.503 e. The molecule has 1 N–H and O–H groups in total. The Morgan fingerprint density at radius 1 is 1.00 bits per heavy atom. The SMILES string of the molecule is Cc1nc(-c2ccccc2)sc1C(=O)C1=C(O)C(=O)N(CCOC(C)C)C1c1cccc(Oc2ccccc2)c1. The number of rotatable bonds is 10. The van der Waals surface area contributed by atoms with Gasteiger partial charge in [-0.15, -0.1) is 11.3 Å². The summed E-state index contributed by atoms with van der Waals surface area (Å²) >= 11 is 1.25. The van der Waals surface area contributed by atoms with Crippen molar-refractivity contribution >= 4 is 23.0 Å². The number of amides is 1. The predicted molar refractivity (Wildman–Crippen MR) is 155 cm³/mol. The highest BCUT2D eigenvalue weighted by Gasteiger charge is 2.44. The first-order valence-corrected chi connectivity index (χ1v) is 13.9. The van der Waals surface area contributed by atoms with Crippen molar-refractivity contribution in [1.82, 2.24) is 9.88 Å². The minimum atomic E-state index is -0.822. The molecule has 8 heteroatoms. The number of aliphatic hydroxyl groups excluding tert-OH is 1. The minimum Gasteiger partial charge on any atom is -0.503 e. The van der Waals surface area contributed by atoms with Gasteiger partial charge in [-0.1, -0.05) is 60.7 Å². The summed E-state index contributed by atoms with van der Waals surface area (Å²) < 4.78 is 11.7. The highest BCUT2D eigenvalue weighted by molar-refractivity contribution is 7.17. The van der Waals surface area contributed by atoms with Crippen LogP contribution in [0.3, 0.4) is 0 Å². The van der Waals surface area contributed by atoms with Crippen LogP contribution in [0, 0.1) is 6.92 Å². The van der Waals surface area contributed by atoms with Gasteiger partial charge in [0, 0.05) is 12.1 Å². The first kappa shape index (κ1) is 27.3. The third-order valence-electron chi connectivity index (χ3n) is 6.51. The maximum absolute atomic E-state index is 14.1. The zero-order valence-electron chi connectivity index (χ0n) is 22.5. The second-order valence-corrected chi connectivity index (χ2v) is 10.7. The monoisotopic (exact) mass is 554 g/mol. The Morgan fingerprint density at radius 3 is 2.38 bits per heavy atom. The molecular weight excluding hydrogens is 524 g/mol. The van der Waals surface area contributed by atoms with Crippen molar-refractivity contribution in [2.45, 2.75) is 32.9 Å². The van der Waals surface area contributed by atoms with Crippen LogP contribution in [0.15, 0.2) is 96.3 Å². The Kier molecular flexibility index (Phi) is 8.09. The van der Waals surface area contributed by atoms with Crippen LogP contribution < -0.4 is 4.74 Å². The summed E-state index contributed by atoms with van der Waals surface area (Å²) in [5.74, 6) is -0.376. The van der Waals surface area contributed by atoms with E-state index >= 15 is 0 Å². The van der Waals surface area contributed by atoms with Gasteiger partial charge < -0.3 is 19.5 Å². The third-order valence-corrected chi connectivity index (χ3v) is 7.71. The summed E-state index contributed by atoms with van der Waals surface area (Å²) in [6, 6.07) is 25.4. The van der Waals surface area contributed by atoms with Crippen molar-refractivity contribution < 1.29 is 24.2 Å². The van der Waals surface area contributed by atoms with Crippen LogP contribution >= 0.6 is 11.3 Å². The summed E-state index contributed by atoms with van der Waals surface area (Å²) in [6.07, 6.45) is -0.0299. The minimum absolute atomic E-state index is 0.0257. The third kappa shape index (κ3) is 5.68. The molecule has 0 radical (unpaired) electrons. The highest BCUT2D eigenvalue weighted by atomic mass is 32.1. The summed E-state index contributed by atoms with van der Waals surface area (Å²) in [6.45, 7) is 6.04. The molecule has 1 aliphatic rings. The molecule has 1 amide bonds. The van der Waals surface area contributed by atoms with Crippen molar-refractivity contribution in [3.63, 3.8) is 0 Å². The average Bonchev–Trinajstić information content (AvgIpc) is 3.46. The molecule has 2 heterocycles. The van der Waals surface area contributed by atoms with Gasteiger partial charge in [0.1, 0.15) is 16.5 Å². The maximum Gasteiger partial charge on any atom is 0.290 e. The van der Waals surface area contributed by atoms with E-state index in [0.29, 0.717) is 32.6 Å². The van der Waals surface area contributed by atoms with Crippen LogP contribution in [0.25, 0.3) is 10.6 Å². The number of aromatic nitrogens is 1. The zero-order valence-corrected chi connectivity index (χ0v) is 23.4. The van der Waals surface area contributed by atoms with Crippen LogP contribution in [-0.2, 0) is 9.53 Å². The molecule has 0 saturated carbocycles. The van der Waals surface area contributed by atoms with Crippen molar-refractivity contribution in [3.8, 4) is 22.1 Å². The van der Waals surface area contributed by atoms with E-state index in [1.54, 1.807) is 13.0 Å². The van der Waals surface area contributed by atoms with Crippen LogP contribution in [0.2, 0.25) is 0 Å². The van der Waals surface area contributed by atoms with Crippen LogP contribution in [0.5, 0.6) is 11.5 Å². The fourth-order valence-electron chi connectivity index (χ4n) is 4.66. The number of aliphatic hydroxyl groups is 1. The van der Waals surface area contributed by atoms with Gasteiger partial charge in [0.25, 0.3) is 5.91 Å². The Hall–Kier alpha value is -4.27. The molecule has 1 aromatic heterocycles. The summed E-state index contributed by atoms with van der Waals surface area (Å²) in [7, 11) is 0. The van der Waals surface area contributed by atoms with E-state index in [2.05, 4.69) is 4.98 Å². The van der Waals surface area contributed by atoms with Gasteiger partial charge in [0.2, 0.25) is 5.78 Å². The van der Waals surface area contributed by atoms with E-state index in [1.807, 2.05) is 92.7 Å². The number of para-hydroxylation sites is 1. The van der Waals surface area contributed by atoms with Crippen molar-refractivity contribution in [3.05, 3.63) is 112 Å². The Morgan fingerprint density at radius 2 is 1.68 bits per heavy atom. The second kappa shape index (κ2) is 11.9. The molecule has 0 fully saturated rings. The molecule has 1 unspecified atom stereocenters. The zero-order chi connectivity index (χ0) is 28.2. The fraction of sp³-hybridized carbons (Fsp3) is 0.219. The number of nitrogens with zero attached hydrogens (tertiary/aromatic N) is 2. The van der Waals surface area contributed by atoms with E-state index in [4.69, 9.17) is 9.47 Å². The van der Waals surface area contributed by atoms with Crippen LogP contribution in [-0.4, -0.2) is 45.9 Å².